The Morgan fingerprint density at radius 3 is 2.81 bits per heavy atom. The molecule has 1 aromatic rings. The Labute approximate surface area is 155 Å². The standard InChI is InChI=1S/C20H29N3O3/c1-14-12-21-13-16(22-14)23-9-8-20(18(23)25)7-5-6-15(11-20)10-17(24)26-19(2,3)4/h12-13,15H,5-11H2,1-4H3/t15-,20+/m1/s1. The second-order valence-electron chi connectivity index (χ2n) is 8.76. The Balaban J connectivity index is 1.68. The Morgan fingerprint density at radius 1 is 1.35 bits per heavy atom. The minimum atomic E-state index is -0.465. The van der Waals surface area contributed by atoms with Crippen molar-refractivity contribution in [1.82, 2.24) is 9.97 Å². The van der Waals surface area contributed by atoms with Crippen LogP contribution in [0.4, 0.5) is 5.82 Å². The van der Waals surface area contributed by atoms with Crippen LogP contribution in [0.2, 0.25) is 0 Å². The molecule has 6 heteroatoms. The molecule has 1 saturated heterocycles. The Kier molecular flexibility index (Phi) is 5.04. The number of aromatic nitrogens is 2. The highest BCUT2D eigenvalue weighted by Crippen LogP contribution is 2.48. The van der Waals surface area contributed by atoms with Gasteiger partial charge in [-0.05, 0) is 59.3 Å². The number of esters is 1. The van der Waals surface area contributed by atoms with E-state index < -0.39 is 5.60 Å². The third-order valence-electron chi connectivity index (χ3n) is 5.35. The summed E-state index contributed by atoms with van der Waals surface area (Å²) in [4.78, 5) is 35.8. The number of nitrogens with zero attached hydrogens (tertiary/aromatic N) is 3. The van der Waals surface area contributed by atoms with Gasteiger partial charge < -0.3 is 4.74 Å². The molecular weight excluding hydrogens is 330 g/mol. The van der Waals surface area contributed by atoms with Gasteiger partial charge in [-0.25, -0.2) is 4.98 Å². The molecule has 1 aromatic heterocycles. The van der Waals surface area contributed by atoms with Crippen molar-refractivity contribution in [1.29, 1.82) is 0 Å². The van der Waals surface area contributed by atoms with Crippen molar-refractivity contribution in [3.8, 4) is 0 Å². The van der Waals surface area contributed by atoms with E-state index in [2.05, 4.69) is 9.97 Å². The largest absolute Gasteiger partial charge is 0.460 e. The molecule has 0 radical (unpaired) electrons. The predicted octanol–water partition coefficient (Wildman–Crippen LogP) is 3.43. The average molecular weight is 359 g/mol. The maximum atomic E-state index is 13.2. The lowest BCUT2D eigenvalue weighted by molar-refractivity contribution is -0.157. The van der Waals surface area contributed by atoms with Crippen LogP contribution in [0.5, 0.6) is 0 Å². The topological polar surface area (TPSA) is 72.4 Å². The maximum absolute atomic E-state index is 13.2. The summed E-state index contributed by atoms with van der Waals surface area (Å²) < 4.78 is 5.47. The van der Waals surface area contributed by atoms with Gasteiger partial charge in [0.05, 0.1) is 17.3 Å². The summed E-state index contributed by atoms with van der Waals surface area (Å²) in [6, 6.07) is 0. The zero-order chi connectivity index (χ0) is 18.9. The van der Waals surface area contributed by atoms with Crippen LogP contribution in [-0.4, -0.2) is 34.0 Å². The zero-order valence-corrected chi connectivity index (χ0v) is 16.2. The molecule has 1 aliphatic carbocycles. The molecular formula is C20H29N3O3. The molecule has 2 fully saturated rings. The Morgan fingerprint density at radius 2 is 2.12 bits per heavy atom. The van der Waals surface area contributed by atoms with Gasteiger partial charge in [0.2, 0.25) is 5.91 Å². The quantitative estimate of drug-likeness (QED) is 0.773. The first-order valence-corrected chi connectivity index (χ1v) is 9.51. The zero-order valence-electron chi connectivity index (χ0n) is 16.2. The second-order valence-corrected chi connectivity index (χ2v) is 8.76. The lowest BCUT2D eigenvalue weighted by Gasteiger charge is -2.36. The fourth-order valence-corrected chi connectivity index (χ4v) is 4.32. The van der Waals surface area contributed by atoms with E-state index in [9.17, 15) is 9.59 Å². The summed E-state index contributed by atoms with van der Waals surface area (Å²) in [6.07, 6.45) is 8.20. The molecule has 2 aliphatic rings. The minimum Gasteiger partial charge on any atom is -0.460 e. The normalized spacial score (nSPS) is 26.4. The summed E-state index contributed by atoms with van der Waals surface area (Å²) in [6.45, 7) is 8.21. The van der Waals surface area contributed by atoms with Crippen LogP contribution in [0.1, 0.15) is 65.0 Å². The molecule has 1 amide bonds. The van der Waals surface area contributed by atoms with E-state index in [0.29, 0.717) is 18.8 Å². The van der Waals surface area contributed by atoms with Gasteiger partial charge >= 0.3 is 5.97 Å². The van der Waals surface area contributed by atoms with Crippen molar-refractivity contribution in [2.75, 3.05) is 11.4 Å². The SMILES string of the molecule is Cc1cncc(N2CC[C@]3(CCC[C@H](CC(=O)OC(C)(C)C)C3)C2=O)n1. The van der Waals surface area contributed by atoms with Crippen LogP contribution < -0.4 is 4.90 Å². The van der Waals surface area contributed by atoms with E-state index in [1.807, 2.05) is 27.7 Å². The van der Waals surface area contributed by atoms with Crippen LogP contribution in [0, 0.1) is 18.3 Å². The number of rotatable bonds is 3. The third kappa shape index (κ3) is 4.05. The van der Waals surface area contributed by atoms with Gasteiger partial charge in [0.25, 0.3) is 0 Å². The van der Waals surface area contributed by atoms with Gasteiger partial charge in [-0.1, -0.05) is 6.42 Å². The summed E-state index contributed by atoms with van der Waals surface area (Å²) in [7, 11) is 0. The highest BCUT2D eigenvalue weighted by Gasteiger charge is 2.50. The highest BCUT2D eigenvalue weighted by atomic mass is 16.6. The van der Waals surface area contributed by atoms with Crippen molar-refractivity contribution < 1.29 is 14.3 Å². The second kappa shape index (κ2) is 6.97. The molecule has 3 rings (SSSR count). The summed E-state index contributed by atoms with van der Waals surface area (Å²) in [5.41, 5.74) is -0.00781. The van der Waals surface area contributed by atoms with Crippen molar-refractivity contribution in [2.24, 2.45) is 11.3 Å². The van der Waals surface area contributed by atoms with Gasteiger partial charge in [-0.2, -0.15) is 0 Å². The molecule has 142 valence electrons. The van der Waals surface area contributed by atoms with E-state index >= 15 is 0 Å². The van der Waals surface area contributed by atoms with E-state index in [1.54, 1.807) is 17.3 Å². The van der Waals surface area contributed by atoms with Gasteiger partial charge in [-0.3, -0.25) is 19.5 Å². The number of ether oxygens (including phenoxy) is 1. The van der Waals surface area contributed by atoms with Crippen LogP contribution in [-0.2, 0) is 14.3 Å². The molecule has 1 spiro atoms. The van der Waals surface area contributed by atoms with Gasteiger partial charge in [0.15, 0.2) is 5.82 Å². The smallest absolute Gasteiger partial charge is 0.306 e. The van der Waals surface area contributed by atoms with E-state index in [1.165, 1.54) is 0 Å². The van der Waals surface area contributed by atoms with E-state index in [0.717, 1.165) is 37.8 Å². The van der Waals surface area contributed by atoms with Crippen LogP contribution >= 0.6 is 0 Å². The number of hydrogen-bond donors (Lipinski definition) is 0. The molecule has 2 heterocycles. The summed E-state index contributed by atoms with van der Waals surface area (Å²) in [5.74, 6) is 0.838. The lowest BCUT2D eigenvalue weighted by atomic mass is 9.68. The molecule has 0 N–H and O–H groups in total. The number of amides is 1. The molecule has 0 bridgehead atoms. The van der Waals surface area contributed by atoms with Crippen LogP contribution in [0.3, 0.4) is 0 Å². The van der Waals surface area contributed by atoms with Gasteiger partial charge in [-0.15, -0.1) is 0 Å². The predicted molar refractivity (Wildman–Crippen MR) is 98.6 cm³/mol. The average Bonchev–Trinajstić information content (AvgIpc) is 2.82. The number of carbonyl (C=O) groups is 2. The van der Waals surface area contributed by atoms with Crippen molar-refractivity contribution in [3.05, 3.63) is 18.1 Å². The van der Waals surface area contributed by atoms with Crippen molar-refractivity contribution in [2.45, 2.75) is 71.8 Å². The lowest BCUT2D eigenvalue weighted by Crippen LogP contribution is -2.39. The summed E-state index contributed by atoms with van der Waals surface area (Å²) >= 11 is 0. The minimum absolute atomic E-state index is 0.145. The Bertz CT molecular complexity index is 698. The van der Waals surface area contributed by atoms with Gasteiger partial charge in [0.1, 0.15) is 5.60 Å². The molecule has 6 nitrogen and oxygen atoms in total. The van der Waals surface area contributed by atoms with Crippen molar-refractivity contribution >= 4 is 17.7 Å². The van der Waals surface area contributed by atoms with Crippen LogP contribution in [0.15, 0.2) is 12.4 Å². The molecule has 1 saturated carbocycles. The Hall–Kier alpha value is -1.98. The van der Waals surface area contributed by atoms with Gasteiger partial charge in [0, 0.05) is 19.2 Å². The van der Waals surface area contributed by atoms with Crippen LogP contribution in [0.25, 0.3) is 0 Å². The number of carbonyl (C=O) groups excluding carboxylic acids is 2. The molecule has 1 aliphatic heterocycles. The highest BCUT2D eigenvalue weighted by molar-refractivity contribution is 5.99. The van der Waals surface area contributed by atoms with Crippen molar-refractivity contribution in [3.63, 3.8) is 0 Å². The molecule has 0 aromatic carbocycles. The first kappa shape index (κ1) is 18.8. The first-order chi connectivity index (χ1) is 12.2. The monoisotopic (exact) mass is 359 g/mol. The third-order valence-corrected chi connectivity index (χ3v) is 5.35. The maximum Gasteiger partial charge on any atom is 0.306 e. The number of aryl methyl sites for hydroxylation is 1. The van der Waals surface area contributed by atoms with E-state index in [-0.39, 0.29) is 23.2 Å². The number of hydrogen-bond acceptors (Lipinski definition) is 5. The molecule has 0 unspecified atom stereocenters. The first-order valence-electron chi connectivity index (χ1n) is 9.51. The molecule has 26 heavy (non-hydrogen) atoms. The fourth-order valence-electron chi connectivity index (χ4n) is 4.32. The fraction of sp³-hybridized carbons (Fsp3) is 0.700. The van der Waals surface area contributed by atoms with E-state index in [4.69, 9.17) is 4.74 Å². The molecule has 2 atom stereocenters. The number of anilines is 1. The summed E-state index contributed by atoms with van der Waals surface area (Å²) in [5, 5.41) is 0.